The number of rotatable bonds is 3. The molecule has 0 saturated carbocycles. The zero-order chi connectivity index (χ0) is 10.7. The Morgan fingerprint density at radius 2 is 2.47 bits per heavy atom. The topological polar surface area (TPSA) is 51.4 Å². The molecule has 82 valence electrons. The SMILES string of the molecule is CN(c1ccc(CN)nc1)C1CCOC1. The Kier molecular flexibility index (Phi) is 3.18. The summed E-state index contributed by atoms with van der Waals surface area (Å²) < 4.78 is 5.36. The van der Waals surface area contributed by atoms with Gasteiger partial charge < -0.3 is 15.4 Å². The minimum atomic E-state index is 0.482. The molecule has 1 unspecified atom stereocenters. The van der Waals surface area contributed by atoms with E-state index in [-0.39, 0.29) is 0 Å². The van der Waals surface area contributed by atoms with Gasteiger partial charge in [0.15, 0.2) is 0 Å². The monoisotopic (exact) mass is 207 g/mol. The lowest BCUT2D eigenvalue weighted by Crippen LogP contribution is -2.31. The zero-order valence-electron chi connectivity index (χ0n) is 9.02. The predicted molar refractivity (Wildman–Crippen MR) is 59.8 cm³/mol. The molecule has 15 heavy (non-hydrogen) atoms. The lowest BCUT2D eigenvalue weighted by atomic mass is 10.2. The minimum absolute atomic E-state index is 0.482. The molecule has 1 aromatic rings. The van der Waals surface area contributed by atoms with Gasteiger partial charge in [-0.25, -0.2) is 0 Å². The Labute approximate surface area is 90.0 Å². The molecule has 2 heterocycles. The lowest BCUT2D eigenvalue weighted by molar-refractivity contribution is 0.193. The Bertz CT molecular complexity index is 306. The number of anilines is 1. The number of hydrogen-bond acceptors (Lipinski definition) is 4. The molecular weight excluding hydrogens is 190 g/mol. The van der Waals surface area contributed by atoms with Crippen LogP contribution in [0.15, 0.2) is 18.3 Å². The molecule has 2 N–H and O–H groups in total. The largest absolute Gasteiger partial charge is 0.379 e. The van der Waals surface area contributed by atoms with Crippen molar-refractivity contribution in [3.05, 3.63) is 24.0 Å². The van der Waals surface area contributed by atoms with Gasteiger partial charge in [0.1, 0.15) is 0 Å². The molecule has 1 aliphatic heterocycles. The first-order chi connectivity index (χ1) is 7.31. The number of nitrogens with two attached hydrogens (primary N) is 1. The van der Waals surface area contributed by atoms with Gasteiger partial charge in [0, 0.05) is 20.2 Å². The minimum Gasteiger partial charge on any atom is -0.379 e. The summed E-state index contributed by atoms with van der Waals surface area (Å²) in [5, 5.41) is 0. The van der Waals surface area contributed by atoms with Crippen molar-refractivity contribution in [3.63, 3.8) is 0 Å². The van der Waals surface area contributed by atoms with Gasteiger partial charge >= 0.3 is 0 Å². The van der Waals surface area contributed by atoms with Gasteiger partial charge in [0.2, 0.25) is 0 Å². The summed E-state index contributed by atoms with van der Waals surface area (Å²) in [6.45, 7) is 2.18. The quantitative estimate of drug-likeness (QED) is 0.795. The van der Waals surface area contributed by atoms with Crippen LogP contribution >= 0.6 is 0 Å². The summed E-state index contributed by atoms with van der Waals surface area (Å²) in [5.41, 5.74) is 7.56. The molecule has 1 aliphatic rings. The fourth-order valence-corrected chi connectivity index (χ4v) is 1.78. The molecule has 4 heteroatoms. The van der Waals surface area contributed by atoms with Crippen LogP contribution in [0, 0.1) is 0 Å². The van der Waals surface area contributed by atoms with Crippen LogP contribution in [0.1, 0.15) is 12.1 Å². The van der Waals surface area contributed by atoms with E-state index in [1.54, 1.807) is 0 Å². The highest BCUT2D eigenvalue weighted by Crippen LogP contribution is 2.19. The maximum atomic E-state index is 5.50. The van der Waals surface area contributed by atoms with E-state index >= 15 is 0 Å². The van der Waals surface area contributed by atoms with E-state index in [0.29, 0.717) is 12.6 Å². The Hall–Kier alpha value is -1.13. The highest BCUT2D eigenvalue weighted by Gasteiger charge is 2.20. The summed E-state index contributed by atoms with van der Waals surface area (Å²) in [4.78, 5) is 6.50. The number of ether oxygens (including phenoxy) is 1. The second kappa shape index (κ2) is 4.59. The van der Waals surface area contributed by atoms with Crippen LogP contribution in [0.4, 0.5) is 5.69 Å². The third-order valence-electron chi connectivity index (χ3n) is 2.88. The number of nitrogens with zero attached hydrogens (tertiary/aromatic N) is 2. The second-order valence-electron chi connectivity index (χ2n) is 3.84. The molecular formula is C11H17N3O. The summed E-state index contributed by atoms with van der Waals surface area (Å²) in [6.07, 6.45) is 2.97. The molecule has 4 nitrogen and oxygen atoms in total. The second-order valence-corrected chi connectivity index (χ2v) is 3.84. The third kappa shape index (κ3) is 2.27. The van der Waals surface area contributed by atoms with Gasteiger partial charge in [-0.3, -0.25) is 4.98 Å². The maximum Gasteiger partial charge on any atom is 0.0670 e. The van der Waals surface area contributed by atoms with Crippen LogP contribution < -0.4 is 10.6 Å². The zero-order valence-corrected chi connectivity index (χ0v) is 9.02. The van der Waals surface area contributed by atoms with Crippen molar-refractivity contribution in [3.8, 4) is 0 Å². The first-order valence-electron chi connectivity index (χ1n) is 5.27. The molecule has 0 bridgehead atoms. The summed E-state index contributed by atoms with van der Waals surface area (Å²) >= 11 is 0. The molecule has 1 atom stereocenters. The smallest absolute Gasteiger partial charge is 0.0670 e. The summed E-state index contributed by atoms with van der Waals surface area (Å²) in [7, 11) is 2.08. The van der Waals surface area contributed by atoms with E-state index in [2.05, 4.69) is 23.0 Å². The number of aromatic nitrogens is 1. The average Bonchev–Trinajstić information content (AvgIpc) is 2.82. The average molecular weight is 207 g/mol. The number of likely N-dealkylation sites (N-methyl/N-ethyl adjacent to an activating group) is 1. The molecule has 0 aliphatic carbocycles. The van der Waals surface area contributed by atoms with E-state index in [9.17, 15) is 0 Å². The van der Waals surface area contributed by atoms with Gasteiger partial charge in [0.05, 0.1) is 30.2 Å². The maximum absolute atomic E-state index is 5.50. The highest BCUT2D eigenvalue weighted by molar-refractivity contribution is 5.45. The summed E-state index contributed by atoms with van der Waals surface area (Å²) in [5.74, 6) is 0. The molecule has 0 aromatic carbocycles. The van der Waals surface area contributed by atoms with Crippen molar-refractivity contribution < 1.29 is 4.74 Å². The fourth-order valence-electron chi connectivity index (χ4n) is 1.78. The Balaban J connectivity index is 2.07. The van der Waals surface area contributed by atoms with E-state index in [0.717, 1.165) is 31.0 Å². The first kappa shape index (κ1) is 10.4. The lowest BCUT2D eigenvalue weighted by Gasteiger charge is -2.25. The van der Waals surface area contributed by atoms with Crippen LogP contribution in [0.25, 0.3) is 0 Å². The van der Waals surface area contributed by atoms with Crippen LogP contribution in [0.5, 0.6) is 0 Å². The molecule has 1 aromatic heterocycles. The van der Waals surface area contributed by atoms with E-state index < -0.39 is 0 Å². The van der Waals surface area contributed by atoms with E-state index in [1.165, 1.54) is 0 Å². The first-order valence-corrected chi connectivity index (χ1v) is 5.27. The van der Waals surface area contributed by atoms with Gasteiger partial charge in [-0.2, -0.15) is 0 Å². The molecule has 1 saturated heterocycles. The van der Waals surface area contributed by atoms with Crippen molar-refractivity contribution in [2.75, 3.05) is 25.2 Å². The molecule has 2 rings (SSSR count). The molecule has 0 amide bonds. The number of hydrogen-bond donors (Lipinski definition) is 1. The highest BCUT2D eigenvalue weighted by atomic mass is 16.5. The van der Waals surface area contributed by atoms with Gasteiger partial charge in [-0.15, -0.1) is 0 Å². The molecule has 1 fully saturated rings. The predicted octanol–water partition coefficient (Wildman–Crippen LogP) is 0.765. The van der Waals surface area contributed by atoms with Crippen LogP contribution in [0.3, 0.4) is 0 Å². The van der Waals surface area contributed by atoms with Gasteiger partial charge in [-0.1, -0.05) is 0 Å². The normalized spacial score (nSPS) is 20.5. The summed E-state index contributed by atoms with van der Waals surface area (Å²) in [6, 6.07) is 4.52. The van der Waals surface area contributed by atoms with Crippen LogP contribution in [-0.2, 0) is 11.3 Å². The standard InChI is InChI=1S/C11H17N3O/c1-14(11-4-5-15-8-11)10-3-2-9(6-12)13-7-10/h2-3,7,11H,4-6,8,12H2,1H3. The van der Waals surface area contributed by atoms with Crippen molar-refractivity contribution in [1.29, 1.82) is 0 Å². The Morgan fingerprint density at radius 3 is 3.00 bits per heavy atom. The molecule has 0 spiro atoms. The third-order valence-corrected chi connectivity index (χ3v) is 2.88. The Morgan fingerprint density at radius 1 is 1.60 bits per heavy atom. The van der Waals surface area contributed by atoms with Crippen LogP contribution in [0.2, 0.25) is 0 Å². The fraction of sp³-hybridized carbons (Fsp3) is 0.545. The van der Waals surface area contributed by atoms with E-state index in [1.807, 2.05) is 12.3 Å². The van der Waals surface area contributed by atoms with Crippen LogP contribution in [-0.4, -0.2) is 31.3 Å². The van der Waals surface area contributed by atoms with Gasteiger partial charge in [-0.05, 0) is 18.6 Å². The van der Waals surface area contributed by atoms with Gasteiger partial charge in [0.25, 0.3) is 0 Å². The van der Waals surface area contributed by atoms with E-state index in [4.69, 9.17) is 10.5 Å². The number of pyridine rings is 1. The van der Waals surface area contributed by atoms with Crippen molar-refractivity contribution >= 4 is 5.69 Å². The van der Waals surface area contributed by atoms with Crippen molar-refractivity contribution in [2.45, 2.75) is 19.0 Å². The van der Waals surface area contributed by atoms with Crippen molar-refractivity contribution in [2.24, 2.45) is 5.73 Å². The van der Waals surface area contributed by atoms with Crippen molar-refractivity contribution in [1.82, 2.24) is 4.98 Å². The molecule has 0 radical (unpaired) electrons.